The molecule has 1 aliphatic rings. The summed E-state index contributed by atoms with van der Waals surface area (Å²) in [5, 5.41) is 14.4. The Hall–Kier alpha value is -1.26. The molecule has 5 nitrogen and oxygen atoms in total. The number of nitrogens with one attached hydrogen (secondary N) is 2. The van der Waals surface area contributed by atoms with E-state index in [-0.39, 0.29) is 18.1 Å². The zero-order valence-corrected chi connectivity index (χ0v) is 11.4. The fourth-order valence-corrected chi connectivity index (χ4v) is 2.37. The van der Waals surface area contributed by atoms with E-state index in [4.69, 9.17) is 5.11 Å². The van der Waals surface area contributed by atoms with Crippen molar-refractivity contribution < 1.29 is 14.7 Å². The van der Waals surface area contributed by atoms with E-state index < -0.39 is 11.9 Å². The molecule has 0 radical (unpaired) electrons. The molecule has 0 saturated heterocycles. The summed E-state index contributed by atoms with van der Waals surface area (Å²) in [6, 6.07) is -0.492. The molecule has 5 heteroatoms. The van der Waals surface area contributed by atoms with E-state index in [1.807, 2.05) is 6.92 Å². The van der Waals surface area contributed by atoms with Crippen LogP contribution in [-0.4, -0.2) is 29.2 Å². The van der Waals surface area contributed by atoms with Crippen LogP contribution in [0.2, 0.25) is 0 Å². The molecule has 1 fully saturated rings. The monoisotopic (exact) mass is 256 g/mol. The van der Waals surface area contributed by atoms with Gasteiger partial charge in [0.05, 0.1) is 5.92 Å². The highest BCUT2D eigenvalue weighted by Gasteiger charge is 2.25. The van der Waals surface area contributed by atoms with Gasteiger partial charge in [0.1, 0.15) is 0 Å². The molecule has 0 bridgehead atoms. The average molecular weight is 256 g/mol. The number of carbonyl (C=O) groups is 2. The fourth-order valence-electron chi connectivity index (χ4n) is 2.37. The number of amides is 2. The van der Waals surface area contributed by atoms with E-state index in [1.165, 1.54) is 25.7 Å². The normalized spacial score (nSPS) is 21.1. The third-order valence-electron chi connectivity index (χ3n) is 3.96. The predicted molar refractivity (Wildman–Crippen MR) is 69.3 cm³/mol. The molecule has 0 spiro atoms. The summed E-state index contributed by atoms with van der Waals surface area (Å²) in [6.07, 6.45) is 4.82. The van der Waals surface area contributed by atoms with Gasteiger partial charge in [-0.15, -0.1) is 0 Å². The van der Waals surface area contributed by atoms with E-state index >= 15 is 0 Å². The minimum atomic E-state index is -0.897. The van der Waals surface area contributed by atoms with Gasteiger partial charge in [-0.25, -0.2) is 4.79 Å². The van der Waals surface area contributed by atoms with Gasteiger partial charge in [0.25, 0.3) is 0 Å². The molecule has 0 aromatic carbocycles. The molecular formula is C13H24N2O3. The van der Waals surface area contributed by atoms with Crippen LogP contribution in [0.3, 0.4) is 0 Å². The van der Waals surface area contributed by atoms with Crippen LogP contribution in [0.4, 0.5) is 4.79 Å². The first-order valence-corrected chi connectivity index (χ1v) is 6.71. The van der Waals surface area contributed by atoms with E-state index in [9.17, 15) is 9.59 Å². The van der Waals surface area contributed by atoms with Gasteiger partial charge in [0.15, 0.2) is 0 Å². The highest BCUT2D eigenvalue weighted by atomic mass is 16.4. The van der Waals surface area contributed by atoms with Crippen molar-refractivity contribution in [1.29, 1.82) is 0 Å². The second-order valence-electron chi connectivity index (χ2n) is 5.37. The molecule has 0 aliphatic heterocycles. The lowest BCUT2D eigenvalue weighted by Crippen LogP contribution is -2.49. The maximum atomic E-state index is 11.7. The van der Waals surface area contributed by atoms with Crippen molar-refractivity contribution in [3.8, 4) is 0 Å². The Morgan fingerprint density at radius 3 is 2.17 bits per heavy atom. The van der Waals surface area contributed by atoms with E-state index in [0.29, 0.717) is 5.92 Å². The van der Waals surface area contributed by atoms with Gasteiger partial charge in [0.2, 0.25) is 0 Å². The van der Waals surface area contributed by atoms with Crippen LogP contribution in [0.15, 0.2) is 0 Å². The number of urea groups is 1. The number of hydrogen-bond acceptors (Lipinski definition) is 2. The molecule has 0 aromatic heterocycles. The van der Waals surface area contributed by atoms with E-state index in [0.717, 1.165) is 0 Å². The molecule has 0 heterocycles. The molecule has 0 aromatic rings. The Morgan fingerprint density at radius 1 is 1.11 bits per heavy atom. The number of rotatable bonds is 5. The number of aliphatic carboxylic acids is 1. The lowest BCUT2D eigenvalue weighted by atomic mass is 10.00. The highest BCUT2D eigenvalue weighted by molar-refractivity contribution is 5.76. The third-order valence-corrected chi connectivity index (χ3v) is 3.96. The van der Waals surface area contributed by atoms with Crippen molar-refractivity contribution in [3.05, 3.63) is 0 Å². The predicted octanol–water partition coefficient (Wildman–Crippen LogP) is 1.97. The lowest BCUT2D eigenvalue weighted by molar-refractivity contribution is -0.141. The van der Waals surface area contributed by atoms with Gasteiger partial charge in [0, 0.05) is 12.1 Å². The van der Waals surface area contributed by atoms with Crippen LogP contribution < -0.4 is 10.6 Å². The van der Waals surface area contributed by atoms with Gasteiger partial charge >= 0.3 is 12.0 Å². The van der Waals surface area contributed by atoms with Crippen LogP contribution in [0.5, 0.6) is 0 Å². The topological polar surface area (TPSA) is 78.4 Å². The number of hydrogen-bond donors (Lipinski definition) is 3. The molecule has 3 unspecified atom stereocenters. The molecular weight excluding hydrogens is 232 g/mol. The van der Waals surface area contributed by atoms with Crippen LogP contribution in [0.25, 0.3) is 0 Å². The summed E-state index contributed by atoms with van der Waals surface area (Å²) in [7, 11) is 0. The van der Waals surface area contributed by atoms with Crippen LogP contribution in [0.1, 0.15) is 46.5 Å². The summed E-state index contributed by atoms with van der Waals surface area (Å²) >= 11 is 0. The van der Waals surface area contributed by atoms with Crippen molar-refractivity contribution >= 4 is 12.0 Å². The highest BCUT2D eigenvalue weighted by Crippen LogP contribution is 2.27. The largest absolute Gasteiger partial charge is 0.481 e. The molecule has 1 aliphatic carbocycles. The van der Waals surface area contributed by atoms with E-state index in [2.05, 4.69) is 10.6 Å². The molecule has 1 saturated carbocycles. The fraction of sp³-hybridized carbons (Fsp3) is 0.846. The molecule has 3 N–H and O–H groups in total. The van der Waals surface area contributed by atoms with Crippen LogP contribution in [-0.2, 0) is 4.79 Å². The summed E-state index contributed by atoms with van der Waals surface area (Å²) in [6.45, 7) is 5.31. The molecule has 3 atom stereocenters. The SMILES string of the molecule is CC(NC(=O)NC(C)C(C)C(=O)O)C1CCCC1. The Labute approximate surface area is 108 Å². The summed E-state index contributed by atoms with van der Waals surface area (Å²) in [5.74, 6) is -0.924. The maximum Gasteiger partial charge on any atom is 0.315 e. The van der Waals surface area contributed by atoms with Crippen molar-refractivity contribution in [3.63, 3.8) is 0 Å². The van der Waals surface area contributed by atoms with Gasteiger partial charge < -0.3 is 15.7 Å². The molecule has 104 valence electrons. The average Bonchev–Trinajstić information content (AvgIpc) is 2.80. The smallest absolute Gasteiger partial charge is 0.315 e. The summed E-state index contributed by atoms with van der Waals surface area (Å²) in [5.41, 5.74) is 0. The second-order valence-corrected chi connectivity index (χ2v) is 5.37. The minimum Gasteiger partial charge on any atom is -0.481 e. The van der Waals surface area contributed by atoms with Gasteiger partial charge in [-0.05, 0) is 39.5 Å². The third kappa shape index (κ3) is 4.20. The van der Waals surface area contributed by atoms with Crippen LogP contribution in [0, 0.1) is 11.8 Å². The standard InChI is InChI=1S/C13H24N2O3/c1-8(12(16)17)9(2)14-13(18)15-10(3)11-6-4-5-7-11/h8-11H,4-7H2,1-3H3,(H,16,17)(H2,14,15,18). The molecule has 2 amide bonds. The first kappa shape index (κ1) is 14.8. The van der Waals surface area contributed by atoms with Gasteiger partial charge in [-0.1, -0.05) is 12.8 Å². The first-order valence-electron chi connectivity index (χ1n) is 6.71. The number of carbonyl (C=O) groups excluding carboxylic acids is 1. The first-order chi connectivity index (χ1) is 8.41. The van der Waals surface area contributed by atoms with Gasteiger partial charge in [-0.3, -0.25) is 4.79 Å². The zero-order valence-electron chi connectivity index (χ0n) is 11.4. The zero-order chi connectivity index (χ0) is 13.7. The van der Waals surface area contributed by atoms with Crippen LogP contribution >= 0.6 is 0 Å². The Morgan fingerprint density at radius 2 is 1.67 bits per heavy atom. The van der Waals surface area contributed by atoms with Gasteiger partial charge in [-0.2, -0.15) is 0 Å². The van der Waals surface area contributed by atoms with Crippen molar-refractivity contribution in [1.82, 2.24) is 10.6 Å². The Balaban J connectivity index is 2.34. The number of carboxylic acid groups (broad SMARTS) is 1. The maximum absolute atomic E-state index is 11.7. The lowest BCUT2D eigenvalue weighted by Gasteiger charge is -2.23. The summed E-state index contributed by atoms with van der Waals surface area (Å²) in [4.78, 5) is 22.5. The molecule has 1 rings (SSSR count). The van der Waals surface area contributed by atoms with Crippen molar-refractivity contribution in [2.45, 2.75) is 58.5 Å². The Bertz CT molecular complexity index is 301. The quantitative estimate of drug-likeness (QED) is 0.703. The van der Waals surface area contributed by atoms with E-state index in [1.54, 1.807) is 13.8 Å². The van der Waals surface area contributed by atoms with Crippen molar-refractivity contribution in [2.75, 3.05) is 0 Å². The number of carboxylic acids is 1. The van der Waals surface area contributed by atoms with Crippen molar-refractivity contribution in [2.24, 2.45) is 11.8 Å². The molecule has 18 heavy (non-hydrogen) atoms. The second kappa shape index (κ2) is 6.61. The minimum absolute atomic E-state index is 0.153. The Kier molecular flexibility index (Phi) is 5.44. The summed E-state index contributed by atoms with van der Waals surface area (Å²) < 4.78 is 0.